The quantitative estimate of drug-likeness (QED) is 0.745. The van der Waals surface area contributed by atoms with Gasteiger partial charge >= 0.3 is 0 Å². The molecule has 0 aliphatic carbocycles. The molecule has 0 radical (unpaired) electrons. The third kappa shape index (κ3) is 2.99. The third-order valence-electron chi connectivity index (χ3n) is 5.10. The maximum Gasteiger partial charge on any atom is 0.286 e. The number of piperidine rings is 3. The standard InChI is InChI=1S/C15H30N3OP/c19-20(16-10-4-1-5-11-16,17-12-6-2-7-13-17)18-14-8-3-9-15-18/h1-15H2. The van der Waals surface area contributed by atoms with Crippen LogP contribution in [0.4, 0.5) is 0 Å². The Morgan fingerprint density at radius 3 is 0.950 bits per heavy atom. The van der Waals surface area contributed by atoms with Gasteiger partial charge in [-0.1, -0.05) is 19.3 Å². The lowest BCUT2D eigenvalue weighted by molar-refractivity contribution is 0.216. The molecule has 0 aromatic heterocycles. The normalized spacial score (nSPS) is 28.6. The van der Waals surface area contributed by atoms with Gasteiger partial charge in [-0.2, -0.15) is 0 Å². The zero-order valence-electron chi connectivity index (χ0n) is 12.8. The van der Waals surface area contributed by atoms with Crippen LogP contribution in [0.3, 0.4) is 0 Å². The van der Waals surface area contributed by atoms with Crippen molar-refractivity contribution in [3.63, 3.8) is 0 Å². The lowest BCUT2D eigenvalue weighted by Gasteiger charge is -2.48. The van der Waals surface area contributed by atoms with E-state index in [1.165, 1.54) is 57.8 Å². The van der Waals surface area contributed by atoms with Gasteiger partial charge in [-0.05, 0) is 38.5 Å². The molecule has 0 N–H and O–H groups in total. The second-order valence-electron chi connectivity index (χ2n) is 6.56. The summed E-state index contributed by atoms with van der Waals surface area (Å²) in [7, 11) is -2.45. The molecule has 0 bridgehead atoms. The Bertz CT molecular complexity index is 293. The topological polar surface area (TPSA) is 26.8 Å². The van der Waals surface area contributed by atoms with Gasteiger partial charge in [0, 0.05) is 39.3 Å². The summed E-state index contributed by atoms with van der Waals surface area (Å²) >= 11 is 0. The van der Waals surface area contributed by atoms with Crippen LogP contribution in [0.5, 0.6) is 0 Å². The highest BCUT2D eigenvalue weighted by Gasteiger charge is 2.43. The molecule has 4 nitrogen and oxygen atoms in total. The maximum atomic E-state index is 14.1. The lowest BCUT2D eigenvalue weighted by atomic mass is 10.2. The zero-order valence-corrected chi connectivity index (χ0v) is 13.7. The molecule has 0 aromatic carbocycles. The van der Waals surface area contributed by atoms with E-state index in [-0.39, 0.29) is 0 Å². The van der Waals surface area contributed by atoms with Gasteiger partial charge in [-0.15, -0.1) is 0 Å². The van der Waals surface area contributed by atoms with Gasteiger partial charge in [0.2, 0.25) is 0 Å². The summed E-state index contributed by atoms with van der Waals surface area (Å²) in [5.74, 6) is 0. The largest absolute Gasteiger partial charge is 0.286 e. The van der Waals surface area contributed by atoms with Crippen molar-refractivity contribution in [2.75, 3.05) is 39.3 Å². The molecule has 0 amide bonds. The molecule has 3 saturated heterocycles. The van der Waals surface area contributed by atoms with Crippen LogP contribution >= 0.6 is 7.59 Å². The monoisotopic (exact) mass is 299 g/mol. The van der Waals surface area contributed by atoms with Gasteiger partial charge in [0.05, 0.1) is 0 Å². The zero-order chi connectivity index (χ0) is 13.8. The van der Waals surface area contributed by atoms with E-state index >= 15 is 0 Å². The van der Waals surface area contributed by atoms with Crippen molar-refractivity contribution in [1.82, 2.24) is 14.0 Å². The van der Waals surface area contributed by atoms with Crippen LogP contribution in [-0.4, -0.2) is 53.3 Å². The summed E-state index contributed by atoms with van der Waals surface area (Å²) in [4.78, 5) is 0. The Morgan fingerprint density at radius 1 is 0.450 bits per heavy atom. The van der Waals surface area contributed by atoms with Gasteiger partial charge in [0.15, 0.2) is 0 Å². The van der Waals surface area contributed by atoms with Gasteiger partial charge in [-0.3, -0.25) is 4.57 Å². The van der Waals surface area contributed by atoms with E-state index in [2.05, 4.69) is 14.0 Å². The highest BCUT2D eigenvalue weighted by atomic mass is 31.2. The molecule has 5 heteroatoms. The minimum absolute atomic E-state index is 1.05. The summed E-state index contributed by atoms with van der Waals surface area (Å²) < 4.78 is 21.2. The SMILES string of the molecule is O=P(N1CCCCC1)(N1CCCCC1)N1CCCCC1. The van der Waals surface area contributed by atoms with Crippen LogP contribution < -0.4 is 0 Å². The van der Waals surface area contributed by atoms with Gasteiger partial charge in [0.25, 0.3) is 7.59 Å². The second-order valence-corrected chi connectivity index (χ2v) is 9.28. The average Bonchev–Trinajstić information content (AvgIpc) is 2.56. The molecule has 0 saturated carbocycles. The third-order valence-corrected chi connectivity index (χ3v) is 8.51. The maximum absolute atomic E-state index is 14.1. The molecule has 3 fully saturated rings. The van der Waals surface area contributed by atoms with Gasteiger partial charge in [-0.25, -0.2) is 14.0 Å². The lowest BCUT2D eigenvalue weighted by Crippen LogP contribution is -2.46. The van der Waals surface area contributed by atoms with Crippen LogP contribution in [0.25, 0.3) is 0 Å². The average molecular weight is 299 g/mol. The van der Waals surface area contributed by atoms with Crippen LogP contribution in [0.15, 0.2) is 0 Å². The molecule has 3 rings (SSSR count). The number of hydrogen-bond donors (Lipinski definition) is 0. The molecule has 0 unspecified atom stereocenters. The highest BCUT2D eigenvalue weighted by molar-refractivity contribution is 7.56. The van der Waals surface area contributed by atoms with Crippen LogP contribution in [-0.2, 0) is 4.57 Å². The van der Waals surface area contributed by atoms with Crippen LogP contribution in [0.1, 0.15) is 57.8 Å². The first kappa shape index (κ1) is 15.0. The van der Waals surface area contributed by atoms with Gasteiger partial charge in [0.1, 0.15) is 0 Å². The van der Waals surface area contributed by atoms with Crippen molar-refractivity contribution in [2.45, 2.75) is 57.8 Å². The Hall–Kier alpha value is 0.110. The predicted octanol–water partition coefficient (Wildman–Crippen LogP) is 3.55. The van der Waals surface area contributed by atoms with Crippen LogP contribution in [0, 0.1) is 0 Å². The molecule has 0 atom stereocenters. The molecule has 20 heavy (non-hydrogen) atoms. The van der Waals surface area contributed by atoms with E-state index in [0.29, 0.717) is 0 Å². The first-order chi connectivity index (χ1) is 9.82. The fraction of sp³-hybridized carbons (Fsp3) is 1.00. The first-order valence-corrected chi connectivity index (χ1v) is 10.2. The summed E-state index contributed by atoms with van der Waals surface area (Å²) in [6, 6.07) is 0. The molecular weight excluding hydrogens is 269 g/mol. The molecular formula is C15H30N3OP. The Morgan fingerprint density at radius 2 is 0.700 bits per heavy atom. The van der Waals surface area contributed by atoms with Crippen LogP contribution in [0.2, 0.25) is 0 Å². The van der Waals surface area contributed by atoms with Crippen molar-refractivity contribution in [2.24, 2.45) is 0 Å². The molecule has 0 aromatic rings. The van der Waals surface area contributed by atoms with Crippen molar-refractivity contribution in [3.05, 3.63) is 0 Å². The molecule has 116 valence electrons. The van der Waals surface area contributed by atoms with Crippen molar-refractivity contribution < 1.29 is 4.57 Å². The number of rotatable bonds is 3. The molecule has 0 spiro atoms. The van der Waals surface area contributed by atoms with Crippen molar-refractivity contribution in [3.8, 4) is 0 Å². The minimum Gasteiger partial charge on any atom is -0.270 e. The van der Waals surface area contributed by atoms with E-state index in [1.54, 1.807) is 0 Å². The molecule has 3 aliphatic heterocycles. The summed E-state index contributed by atoms with van der Waals surface area (Å²) in [6.45, 7) is 6.28. The van der Waals surface area contributed by atoms with E-state index in [9.17, 15) is 4.57 Å². The van der Waals surface area contributed by atoms with Crippen molar-refractivity contribution >= 4 is 7.59 Å². The Balaban J connectivity index is 1.81. The summed E-state index contributed by atoms with van der Waals surface area (Å²) in [6.07, 6.45) is 11.3. The van der Waals surface area contributed by atoms with E-state index in [1.807, 2.05) is 0 Å². The first-order valence-electron chi connectivity index (χ1n) is 8.68. The van der Waals surface area contributed by atoms with E-state index in [0.717, 1.165) is 39.3 Å². The fourth-order valence-corrected chi connectivity index (χ4v) is 7.43. The highest BCUT2D eigenvalue weighted by Crippen LogP contribution is 2.58. The number of hydrogen-bond acceptors (Lipinski definition) is 1. The van der Waals surface area contributed by atoms with Crippen molar-refractivity contribution in [1.29, 1.82) is 0 Å². The minimum atomic E-state index is -2.45. The number of nitrogens with zero attached hydrogens (tertiary/aromatic N) is 3. The molecule has 3 aliphatic rings. The molecule has 3 heterocycles. The summed E-state index contributed by atoms with van der Waals surface area (Å²) in [5.41, 5.74) is 0. The van der Waals surface area contributed by atoms with E-state index < -0.39 is 7.59 Å². The fourth-order valence-electron chi connectivity index (χ4n) is 3.95. The van der Waals surface area contributed by atoms with E-state index in [4.69, 9.17) is 0 Å². The predicted molar refractivity (Wildman–Crippen MR) is 83.9 cm³/mol. The summed E-state index contributed by atoms with van der Waals surface area (Å²) in [5, 5.41) is 0. The Labute approximate surface area is 124 Å². The smallest absolute Gasteiger partial charge is 0.270 e. The second kappa shape index (κ2) is 6.91. The Kier molecular flexibility index (Phi) is 5.19. The van der Waals surface area contributed by atoms with Gasteiger partial charge < -0.3 is 0 Å².